The minimum absolute atomic E-state index is 0.0782. The number of aryl methyl sites for hydroxylation is 1. The summed E-state index contributed by atoms with van der Waals surface area (Å²) in [4.78, 5) is 0. The van der Waals surface area contributed by atoms with E-state index >= 15 is 0 Å². The van der Waals surface area contributed by atoms with Crippen molar-refractivity contribution in [3.05, 3.63) is 59.7 Å². The van der Waals surface area contributed by atoms with Crippen molar-refractivity contribution in [2.75, 3.05) is 12.4 Å². The molecule has 0 saturated carbocycles. The van der Waals surface area contributed by atoms with Gasteiger partial charge in [0, 0.05) is 12.1 Å². The highest BCUT2D eigenvalue weighted by molar-refractivity contribution is 7.89. The number of ether oxygens (including phenoxy) is 2. The summed E-state index contributed by atoms with van der Waals surface area (Å²) < 4.78 is 72.8. The van der Waals surface area contributed by atoms with Crippen molar-refractivity contribution < 1.29 is 31.1 Å². The molecule has 0 radical (unpaired) electrons. The second kappa shape index (κ2) is 9.09. The number of alkyl halides is 3. The van der Waals surface area contributed by atoms with Crippen molar-refractivity contribution >= 4 is 10.0 Å². The zero-order valence-corrected chi connectivity index (χ0v) is 15.4. The Hall–Kier alpha value is -2.26. The molecule has 5 nitrogen and oxygen atoms in total. The SMILES string of the molecule is CCc1ccc(OCCS(=O)(=O)NCc2ccccc2OC(F)(F)F)cc1. The number of hydrogen-bond acceptors (Lipinski definition) is 4. The molecule has 0 saturated heterocycles. The van der Waals surface area contributed by atoms with E-state index in [9.17, 15) is 21.6 Å². The average molecular weight is 403 g/mol. The van der Waals surface area contributed by atoms with Gasteiger partial charge in [-0.15, -0.1) is 13.2 Å². The molecule has 0 heterocycles. The molecule has 0 spiro atoms. The predicted molar refractivity (Wildman–Crippen MR) is 95.1 cm³/mol. The first-order chi connectivity index (χ1) is 12.7. The number of hydrogen-bond donors (Lipinski definition) is 1. The summed E-state index contributed by atoms with van der Waals surface area (Å²) in [5.41, 5.74) is 1.21. The van der Waals surface area contributed by atoms with Gasteiger partial charge < -0.3 is 9.47 Å². The first-order valence-corrected chi connectivity index (χ1v) is 9.86. The molecule has 9 heteroatoms. The molecule has 1 N–H and O–H groups in total. The number of halogens is 3. The van der Waals surface area contributed by atoms with E-state index in [1.807, 2.05) is 19.1 Å². The first kappa shape index (κ1) is 21.0. The van der Waals surface area contributed by atoms with Gasteiger partial charge in [0.25, 0.3) is 0 Å². The smallest absolute Gasteiger partial charge is 0.492 e. The average Bonchev–Trinajstić information content (AvgIpc) is 2.60. The van der Waals surface area contributed by atoms with Gasteiger partial charge in [-0.05, 0) is 30.2 Å². The van der Waals surface area contributed by atoms with Gasteiger partial charge >= 0.3 is 6.36 Å². The minimum Gasteiger partial charge on any atom is -0.492 e. The maximum absolute atomic E-state index is 12.4. The van der Waals surface area contributed by atoms with E-state index in [1.54, 1.807) is 12.1 Å². The van der Waals surface area contributed by atoms with Crippen molar-refractivity contribution in [3.63, 3.8) is 0 Å². The maximum atomic E-state index is 12.4. The number of benzene rings is 2. The van der Waals surface area contributed by atoms with Gasteiger partial charge in [0.2, 0.25) is 10.0 Å². The summed E-state index contributed by atoms with van der Waals surface area (Å²) >= 11 is 0. The fourth-order valence-corrected chi connectivity index (χ4v) is 3.05. The summed E-state index contributed by atoms with van der Waals surface area (Å²) in [7, 11) is -3.74. The molecule has 27 heavy (non-hydrogen) atoms. The normalized spacial score (nSPS) is 12.0. The van der Waals surface area contributed by atoms with Crippen LogP contribution in [0.5, 0.6) is 11.5 Å². The zero-order chi connectivity index (χ0) is 19.9. The van der Waals surface area contributed by atoms with Crippen LogP contribution >= 0.6 is 0 Å². The molecule has 148 valence electrons. The lowest BCUT2D eigenvalue weighted by Crippen LogP contribution is -2.29. The van der Waals surface area contributed by atoms with Crippen LogP contribution in [0.3, 0.4) is 0 Å². The van der Waals surface area contributed by atoms with Crippen LogP contribution in [0.25, 0.3) is 0 Å². The van der Waals surface area contributed by atoms with Gasteiger partial charge in [-0.3, -0.25) is 0 Å². The molecule has 0 aliphatic rings. The van der Waals surface area contributed by atoms with Crippen LogP contribution in [0.1, 0.15) is 18.1 Å². The molecule has 2 aromatic rings. The van der Waals surface area contributed by atoms with Crippen LogP contribution in [0.2, 0.25) is 0 Å². The molecule has 0 aliphatic carbocycles. The minimum atomic E-state index is -4.85. The second-order valence-electron chi connectivity index (χ2n) is 5.64. The van der Waals surface area contributed by atoms with Crippen LogP contribution in [-0.4, -0.2) is 27.1 Å². The van der Waals surface area contributed by atoms with E-state index in [-0.39, 0.29) is 24.5 Å². The molecule has 0 atom stereocenters. The fraction of sp³-hybridized carbons (Fsp3) is 0.333. The lowest BCUT2D eigenvalue weighted by Gasteiger charge is -2.14. The molecule has 0 aromatic heterocycles. The molecule has 0 unspecified atom stereocenters. The van der Waals surface area contributed by atoms with E-state index < -0.39 is 22.1 Å². The number of sulfonamides is 1. The van der Waals surface area contributed by atoms with E-state index in [1.165, 1.54) is 18.2 Å². The number of rotatable bonds is 9. The monoisotopic (exact) mass is 403 g/mol. The largest absolute Gasteiger partial charge is 0.573 e. The topological polar surface area (TPSA) is 64.6 Å². The zero-order valence-electron chi connectivity index (χ0n) is 14.6. The van der Waals surface area contributed by atoms with E-state index in [0.29, 0.717) is 5.75 Å². The molecule has 0 amide bonds. The maximum Gasteiger partial charge on any atom is 0.573 e. The Labute approximate surface area is 156 Å². The standard InChI is InChI=1S/C18H20F3NO4S/c1-2-14-7-9-16(10-8-14)25-11-12-27(23,24)22-13-15-5-3-4-6-17(15)26-18(19,20)21/h3-10,22H,2,11-13H2,1H3. The highest BCUT2D eigenvalue weighted by Gasteiger charge is 2.32. The molecular formula is C18H20F3NO4S. The number of para-hydroxylation sites is 1. The lowest BCUT2D eigenvalue weighted by atomic mass is 10.2. The Morgan fingerprint density at radius 2 is 1.70 bits per heavy atom. The Bertz CT molecular complexity index is 836. The molecule has 0 aliphatic heterocycles. The van der Waals surface area contributed by atoms with Gasteiger partial charge in [0.15, 0.2) is 0 Å². The molecule has 0 bridgehead atoms. The van der Waals surface area contributed by atoms with Crippen molar-refractivity contribution in [2.24, 2.45) is 0 Å². The first-order valence-electron chi connectivity index (χ1n) is 8.21. The molecule has 2 rings (SSSR count). The molecule has 0 fully saturated rings. The van der Waals surface area contributed by atoms with Crippen LogP contribution in [-0.2, 0) is 23.0 Å². The predicted octanol–water partition coefficient (Wildman–Crippen LogP) is 3.65. The summed E-state index contributed by atoms with van der Waals surface area (Å²) in [6.07, 6.45) is -3.96. The van der Waals surface area contributed by atoms with Crippen molar-refractivity contribution in [2.45, 2.75) is 26.3 Å². The van der Waals surface area contributed by atoms with Gasteiger partial charge in [-0.1, -0.05) is 37.3 Å². The van der Waals surface area contributed by atoms with E-state index in [0.717, 1.165) is 18.1 Å². The molecule has 2 aromatic carbocycles. The highest BCUT2D eigenvalue weighted by atomic mass is 32.2. The van der Waals surface area contributed by atoms with Crippen molar-refractivity contribution in [1.29, 1.82) is 0 Å². The Balaban J connectivity index is 1.87. The Morgan fingerprint density at radius 1 is 1.04 bits per heavy atom. The van der Waals surface area contributed by atoms with Crippen LogP contribution in [0.15, 0.2) is 48.5 Å². The van der Waals surface area contributed by atoms with Crippen LogP contribution in [0.4, 0.5) is 13.2 Å². The van der Waals surface area contributed by atoms with E-state index in [4.69, 9.17) is 4.74 Å². The second-order valence-corrected chi connectivity index (χ2v) is 7.57. The van der Waals surface area contributed by atoms with Gasteiger partial charge in [-0.2, -0.15) is 0 Å². The van der Waals surface area contributed by atoms with Crippen molar-refractivity contribution in [3.8, 4) is 11.5 Å². The third-order valence-corrected chi connectivity index (χ3v) is 4.92. The fourth-order valence-electron chi connectivity index (χ4n) is 2.22. The van der Waals surface area contributed by atoms with Crippen molar-refractivity contribution in [1.82, 2.24) is 4.72 Å². The third-order valence-electron chi connectivity index (χ3n) is 3.63. The lowest BCUT2D eigenvalue weighted by molar-refractivity contribution is -0.274. The molecular weight excluding hydrogens is 383 g/mol. The summed E-state index contributed by atoms with van der Waals surface area (Å²) in [6.45, 7) is 1.62. The summed E-state index contributed by atoms with van der Waals surface area (Å²) in [6, 6.07) is 12.6. The van der Waals surface area contributed by atoms with Gasteiger partial charge in [0.05, 0.1) is 5.75 Å². The van der Waals surface area contributed by atoms with Crippen LogP contribution < -0.4 is 14.2 Å². The third kappa shape index (κ3) is 7.48. The van der Waals surface area contributed by atoms with Gasteiger partial charge in [0.1, 0.15) is 18.1 Å². The Kier molecular flexibility index (Phi) is 7.09. The van der Waals surface area contributed by atoms with E-state index in [2.05, 4.69) is 9.46 Å². The quantitative estimate of drug-likeness (QED) is 0.694. The highest BCUT2D eigenvalue weighted by Crippen LogP contribution is 2.26. The Morgan fingerprint density at radius 3 is 2.33 bits per heavy atom. The van der Waals surface area contributed by atoms with Crippen LogP contribution in [0, 0.1) is 0 Å². The van der Waals surface area contributed by atoms with Gasteiger partial charge in [-0.25, -0.2) is 13.1 Å². The summed E-state index contributed by atoms with van der Waals surface area (Å²) in [5, 5.41) is 0. The summed E-state index contributed by atoms with van der Waals surface area (Å²) in [5.74, 6) is -0.226. The number of nitrogens with one attached hydrogen (secondary N) is 1.